The summed E-state index contributed by atoms with van der Waals surface area (Å²) in [7, 11) is 1.46. The fourth-order valence-corrected chi connectivity index (χ4v) is 5.34. The van der Waals surface area contributed by atoms with E-state index in [0.29, 0.717) is 38.2 Å². The smallest absolute Gasteiger partial charge is 0.247 e. The number of carbonyl (C=O) groups is 2. The molecule has 38 heavy (non-hydrogen) atoms. The van der Waals surface area contributed by atoms with Crippen LogP contribution in [0.25, 0.3) is 0 Å². The number of ether oxygens (including phenoxy) is 2. The molecule has 1 aliphatic heterocycles. The maximum atomic E-state index is 13.3. The van der Waals surface area contributed by atoms with Crippen molar-refractivity contribution in [3.63, 3.8) is 0 Å². The van der Waals surface area contributed by atoms with Crippen LogP contribution < -0.4 is 14.8 Å². The Labute approximate surface area is 230 Å². The number of nitrogens with zero attached hydrogens (tertiary/aromatic N) is 1. The largest absolute Gasteiger partial charge is 0.493 e. The molecule has 2 aromatic rings. The molecule has 0 spiro atoms. The van der Waals surface area contributed by atoms with Crippen LogP contribution in [0, 0.1) is 0 Å². The molecule has 4 atom stereocenters. The van der Waals surface area contributed by atoms with Crippen molar-refractivity contribution in [1.29, 1.82) is 0 Å². The first-order chi connectivity index (χ1) is 18.2. The molecule has 4 rings (SSSR count). The summed E-state index contributed by atoms with van der Waals surface area (Å²) in [5.74, 6) is -0.691. The number of hydrogen-bond donors (Lipinski definition) is 4. The van der Waals surface area contributed by atoms with Gasteiger partial charge in [-0.15, -0.1) is 0 Å². The number of fused-ring (bicyclic) bond motifs is 3. The average molecular weight is 565 g/mol. The van der Waals surface area contributed by atoms with Gasteiger partial charge in [0, 0.05) is 30.6 Å². The van der Waals surface area contributed by atoms with Crippen molar-refractivity contribution in [3.8, 4) is 11.5 Å². The van der Waals surface area contributed by atoms with E-state index in [1.807, 2.05) is 0 Å². The van der Waals surface area contributed by atoms with Gasteiger partial charge in [-0.25, -0.2) is 0 Å². The van der Waals surface area contributed by atoms with E-state index in [9.17, 15) is 24.9 Å². The average Bonchev–Trinajstić information content (AvgIpc) is 3.32. The van der Waals surface area contributed by atoms with Crippen molar-refractivity contribution < 1.29 is 34.4 Å². The van der Waals surface area contributed by atoms with Gasteiger partial charge in [-0.05, 0) is 41.5 Å². The van der Waals surface area contributed by atoms with Gasteiger partial charge in [-0.1, -0.05) is 36.2 Å². The van der Waals surface area contributed by atoms with Crippen molar-refractivity contribution in [2.75, 3.05) is 20.3 Å². The van der Waals surface area contributed by atoms with Gasteiger partial charge in [-0.2, -0.15) is 0 Å². The summed E-state index contributed by atoms with van der Waals surface area (Å²) >= 11 is 12.3. The van der Waals surface area contributed by atoms with Crippen molar-refractivity contribution in [2.45, 2.75) is 50.7 Å². The molecule has 0 saturated heterocycles. The van der Waals surface area contributed by atoms with Gasteiger partial charge in [0.2, 0.25) is 11.8 Å². The number of aliphatic hydroxyl groups excluding tert-OH is 3. The molecule has 1 aliphatic carbocycles. The highest BCUT2D eigenvalue weighted by Crippen LogP contribution is 2.51. The van der Waals surface area contributed by atoms with Crippen molar-refractivity contribution in [2.24, 2.45) is 0 Å². The van der Waals surface area contributed by atoms with Crippen LogP contribution in [-0.2, 0) is 22.7 Å². The molecule has 9 nitrogen and oxygen atoms in total. The number of amides is 2. The zero-order chi connectivity index (χ0) is 27.6. The fraction of sp³-hybridized carbons (Fsp3) is 0.407. The van der Waals surface area contributed by atoms with Crippen LogP contribution in [0.4, 0.5) is 0 Å². The van der Waals surface area contributed by atoms with Gasteiger partial charge in [0.25, 0.3) is 0 Å². The van der Waals surface area contributed by atoms with Gasteiger partial charge in [-0.3, -0.25) is 9.59 Å². The third kappa shape index (κ3) is 5.34. The number of hydrogen-bond acceptors (Lipinski definition) is 7. The summed E-state index contributed by atoms with van der Waals surface area (Å²) in [5, 5.41) is 34.0. The number of methoxy groups -OCH3 is 1. The van der Waals surface area contributed by atoms with E-state index in [0.717, 1.165) is 0 Å². The summed E-state index contributed by atoms with van der Waals surface area (Å²) in [6, 6.07) is 7.46. The SMILES string of the molecule is CCC(=O)N(Cc1ccc(Cl)c(Cl)c1)C1C=C(C(=O)NCCO)C2c3cc(CO)cc(OC)c3OC2C1O. The van der Waals surface area contributed by atoms with Gasteiger partial charge in [0.15, 0.2) is 11.5 Å². The molecule has 2 amide bonds. The second-order valence-electron chi connectivity index (χ2n) is 9.14. The molecule has 11 heteroatoms. The Morgan fingerprint density at radius 2 is 1.89 bits per heavy atom. The maximum absolute atomic E-state index is 13.3. The second-order valence-corrected chi connectivity index (χ2v) is 9.96. The molecular formula is C27H30Cl2N2O7. The van der Waals surface area contributed by atoms with Gasteiger partial charge in [0.1, 0.15) is 12.2 Å². The topological polar surface area (TPSA) is 129 Å². The van der Waals surface area contributed by atoms with Crippen molar-refractivity contribution in [1.82, 2.24) is 10.2 Å². The number of benzene rings is 2. The molecular weight excluding hydrogens is 535 g/mol. The first-order valence-corrected chi connectivity index (χ1v) is 13.0. The highest BCUT2D eigenvalue weighted by atomic mass is 35.5. The Morgan fingerprint density at radius 1 is 1.13 bits per heavy atom. The molecule has 4 unspecified atom stereocenters. The van der Waals surface area contributed by atoms with E-state index in [4.69, 9.17) is 32.7 Å². The molecule has 204 valence electrons. The van der Waals surface area contributed by atoms with E-state index in [1.165, 1.54) is 12.0 Å². The number of halogens is 2. The standard InChI is InChI=1S/C27H30Cl2N2O7/c1-3-22(34)31(12-14-4-5-18(28)19(29)9-14)20-11-17(27(36)30-6-7-32)23-16-8-15(13-33)10-21(37-2)25(16)38-26(23)24(20)35/h4-5,8-11,20,23-24,26,32-33,35H,3,6-7,12-13H2,1-2H3,(H,30,36). The summed E-state index contributed by atoms with van der Waals surface area (Å²) in [5.41, 5.74) is 2.11. The molecule has 2 aliphatic rings. The monoisotopic (exact) mass is 564 g/mol. The van der Waals surface area contributed by atoms with Gasteiger partial charge < -0.3 is 35.0 Å². The molecule has 0 radical (unpaired) electrons. The predicted molar refractivity (Wildman–Crippen MR) is 141 cm³/mol. The fourth-order valence-electron chi connectivity index (χ4n) is 5.02. The number of nitrogens with one attached hydrogen (secondary N) is 1. The summed E-state index contributed by atoms with van der Waals surface area (Å²) in [4.78, 5) is 28.0. The predicted octanol–water partition coefficient (Wildman–Crippen LogP) is 2.56. The lowest BCUT2D eigenvalue weighted by Gasteiger charge is -2.40. The van der Waals surface area contributed by atoms with E-state index >= 15 is 0 Å². The molecule has 0 aromatic heterocycles. The molecule has 4 N–H and O–H groups in total. The number of aliphatic hydroxyl groups is 3. The zero-order valence-corrected chi connectivity index (χ0v) is 22.5. The Hall–Kier alpha value is -2.82. The molecule has 2 aromatic carbocycles. The lowest BCUT2D eigenvalue weighted by atomic mass is 9.77. The first kappa shape index (κ1) is 28.2. The van der Waals surface area contributed by atoms with Crippen LogP contribution in [0.1, 0.15) is 36.0 Å². The van der Waals surface area contributed by atoms with Crippen molar-refractivity contribution >= 4 is 35.0 Å². The van der Waals surface area contributed by atoms with Crippen LogP contribution in [0.15, 0.2) is 42.0 Å². The molecule has 1 heterocycles. The third-order valence-corrected chi connectivity index (χ3v) is 7.55. The van der Waals surface area contributed by atoms with Crippen molar-refractivity contribution in [3.05, 3.63) is 68.7 Å². The van der Waals surface area contributed by atoms with Crippen LogP contribution in [0.2, 0.25) is 10.0 Å². The minimum atomic E-state index is -1.21. The molecule has 0 fully saturated rings. The van der Waals surface area contributed by atoms with Crippen LogP contribution in [0.3, 0.4) is 0 Å². The zero-order valence-electron chi connectivity index (χ0n) is 21.0. The lowest BCUT2D eigenvalue weighted by Crippen LogP contribution is -2.55. The van der Waals surface area contributed by atoms with E-state index in [1.54, 1.807) is 43.3 Å². The number of carbonyl (C=O) groups excluding carboxylic acids is 2. The van der Waals surface area contributed by atoms with Gasteiger partial charge in [0.05, 0.1) is 42.3 Å². The number of rotatable bonds is 9. The summed E-state index contributed by atoms with van der Waals surface area (Å²) < 4.78 is 11.7. The minimum absolute atomic E-state index is 0.0232. The summed E-state index contributed by atoms with van der Waals surface area (Å²) in [6.45, 7) is 1.33. The van der Waals surface area contributed by atoms with E-state index in [2.05, 4.69) is 5.32 Å². The van der Waals surface area contributed by atoms with Crippen LogP contribution >= 0.6 is 23.2 Å². The highest BCUT2D eigenvalue weighted by molar-refractivity contribution is 6.42. The first-order valence-electron chi connectivity index (χ1n) is 12.2. The Kier molecular flexibility index (Phi) is 8.85. The summed E-state index contributed by atoms with van der Waals surface area (Å²) in [6.07, 6.45) is -0.381. The molecule has 0 bridgehead atoms. The third-order valence-electron chi connectivity index (χ3n) is 6.81. The minimum Gasteiger partial charge on any atom is -0.493 e. The van der Waals surface area contributed by atoms with Crippen LogP contribution in [-0.4, -0.2) is 70.5 Å². The van der Waals surface area contributed by atoms with Gasteiger partial charge >= 0.3 is 0 Å². The van der Waals surface area contributed by atoms with E-state index < -0.39 is 30.1 Å². The normalized spacial score (nSPS) is 21.6. The highest BCUT2D eigenvalue weighted by Gasteiger charge is 2.51. The Bertz CT molecular complexity index is 1250. The van der Waals surface area contributed by atoms with Crippen LogP contribution in [0.5, 0.6) is 11.5 Å². The second kappa shape index (κ2) is 11.9. The Balaban J connectivity index is 1.81. The Morgan fingerprint density at radius 3 is 2.53 bits per heavy atom. The lowest BCUT2D eigenvalue weighted by molar-refractivity contribution is -0.137. The maximum Gasteiger partial charge on any atom is 0.247 e. The molecule has 0 saturated carbocycles. The quantitative estimate of drug-likeness (QED) is 0.368. The van der Waals surface area contributed by atoms with E-state index in [-0.39, 0.29) is 44.2 Å².